The van der Waals surface area contributed by atoms with Crippen LogP contribution in [-0.2, 0) is 20.8 Å². The number of amides is 1. The van der Waals surface area contributed by atoms with Gasteiger partial charge in [-0.3, -0.25) is 9.59 Å². The molecule has 0 radical (unpaired) electrons. The molecule has 1 unspecified atom stereocenters. The number of carboxylic acids is 2. The zero-order valence-corrected chi connectivity index (χ0v) is 18.0. The number of hydrogen-bond donors (Lipinski definition) is 3. The Labute approximate surface area is 191 Å². The lowest BCUT2D eigenvalue weighted by molar-refractivity contribution is -0.222. The number of carbonyl (C=O) groups is 3. The summed E-state index contributed by atoms with van der Waals surface area (Å²) in [5.74, 6) is -19.2. The van der Waals surface area contributed by atoms with Crippen LogP contribution in [0.25, 0.3) is 11.1 Å². The Morgan fingerprint density at radius 3 is 2.09 bits per heavy atom. The maximum atomic E-state index is 13.8. The van der Waals surface area contributed by atoms with Gasteiger partial charge in [0.05, 0.1) is 5.92 Å². The molecular weight excluding hydrogens is 470 g/mol. The number of hydrogen-bond acceptors (Lipinski definition) is 3. The van der Waals surface area contributed by atoms with Crippen molar-refractivity contribution in [3.8, 4) is 11.1 Å². The lowest BCUT2D eigenvalue weighted by Crippen LogP contribution is -2.58. The number of alkyl halides is 4. The number of carbonyl (C=O) groups excluding carboxylic acids is 1. The van der Waals surface area contributed by atoms with Crippen LogP contribution in [0.3, 0.4) is 0 Å². The summed E-state index contributed by atoms with van der Waals surface area (Å²) in [5, 5.41) is 19.7. The number of carboxylic acid groups (broad SMARTS) is 2. The van der Waals surface area contributed by atoms with Crippen LogP contribution in [0.2, 0.25) is 5.02 Å². The van der Waals surface area contributed by atoms with Crippen LogP contribution < -0.4 is 5.32 Å². The van der Waals surface area contributed by atoms with Crippen molar-refractivity contribution >= 4 is 29.4 Å². The molecule has 0 aliphatic carbocycles. The first-order valence-electron chi connectivity index (χ1n) is 9.63. The van der Waals surface area contributed by atoms with Gasteiger partial charge in [0.25, 0.3) is 5.91 Å². The minimum Gasteiger partial charge on any atom is -0.481 e. The molecule has 2 aromatic rings. The Balaban J connectivity index is 2.24. The average Bonchev–Trinajstić information content (AvgIpc) is 2.73. The standard InChI is InChI=1S/C22H20ClF4NO5/c1-12(18(29)30)9-17(28-19(31)21(24,25)22(26,27)20(32)33)10-13-5-7-14(8-6-13)15-3-2-4-16(23)11-15/h2-8,11-12,17H,9-10H2,1H3,(H,28,31)(H,29,30)(H,32,33)/t12-,17?/m1/s1. The zero-order valence-electron chi connectivity index (χ0n) is 17.2. The van der Waals surface area contributed by atoms with Gasteiger partial charge < -0.3 is 15.5 Å². The second-order valence-corrected chi connectivity index (χ2v) is 7.95. The number of halogens is 5. The van der Waals surface area contributed by atoms with Gasteiger partial charge in [-0.25, -0.2) is 4.79 Å². The Morgan fingerprint density at radius 2 is 1.58 bits per heavy atom. The summed E-state index contributed by atoms with van der Waals surface area (Å²) in [6.45, 7) is 1.26. The molecule has 0 aromatic heterocycles. The Bertz CT molecular complexity index is 1030. The monoisotopic (exact) mass is 489 g/mol. The van der Waals surface area contributed by atoms with Crippen LogP contribution in [0.4, 0.5) is 17.6 Å². The fraction of sp³-hybridized carbons (Fsp3) is 0.318. The Morgan fingerprint density at radius 1 is 0.970 bits per heavy atom. The van der Waals surface area contributed by atoms with Crippen molar-refractivity contribution < 1.29 is 42.2 Å². The normalized spacial score (nSPS) is 13.8. The topological polar surface area (TPSA) is 104 Å². The van der Waals surface area contributed by atoms with Gasteiger partial charge in [0.15, 0.2) is 0 Å². The maximum absolute atomic E-state index is 13.8. The third kappa shape index (κ3) is 6.22. The van der Waals surface area contributed by atoms with E-state index in [1.807, 2.05) is 6.07 Å². The highest BCUT2D eigenvalue weighted by Gasteiger charge is 2.67. The van der Waals surface area contributed by atoms with Crippen molar-refractivity contribution in [2.75, 3.05) is 0 Å². The van der Waals surface area contributed by atoms with E-state index >= 15 is 0 Å². The van der Waals surface area contributed by atoms with Crippen molar-refractivity contribution in [3.05, 3.63) is 59.1 Å². The molecule has 33 heavy (non-hydrogen) atoms. The summed E-state index contributed by atoms with van der Waals surface area (Å²) in [4.78, 5) is 33.5. The highest BCUT2D eigenvalue weighted by atomic mass is 35.5. The fourth-order valence-corrected chi connectivity index (χ4v) is 3.25. The molecule has 6 nitrogen and oxygen atoms in total. The van der Waals surface area contributed by atoms with Crippen molar-refractivity contribution in [3.63, 3.8) is 0 Å². The molecule has 2 atom stereocenters. The van der Waals surface area contributed by atoms with Crippen LogP contribution in [0, 0.1) is 5.92 Å². The maximum Gasteiger partial charge on any atom is 0.413 e. The number of aliphatic carboxylic acids is 2. The minimum absolute atomic E-state index is 0.159. The third-order valence-corrected chi connectivity index (χ3v) is 5.17. The molecule has 11 heteroatoms. The molecular formula is C22H20ClF4NO5. The SMILES string of the molecule is C[C@H](CC(Cc1ccc(-c2cccc(Cl)c2)cc1)NC(=O)C(F)(F)C(F)(F)C(=O)O)C(=O)O. The van der Waals surface area contributed by atoms with Crippen molar-refractivity contribution in [1.29, 1.82) is 0 Å². The van der Waals surface area contributed by atoms with Crippen LogP contribution in [0.15, 0.2) is 48.5 Å². The molecule has 3 N–H and O–H groups in total. The molecule has 0 aliphatic heterocycles. The average molecular weight is 490 g/mol. The largest absolute Gasteiger partial charge is 0.481 e. The van der Waals surface area contributed by atoms with Gasteiger partial charge >= 0.3 is 23.8 Å². The minimum atomic E-state index is -5.64. The van der Waals surface area contributed by atoms with E-state index in [2.05, 4.69) is 0 Å². The van der Waals surface area contributed by atoms with Gasteiger partial charge in [-0.2, -0.15) is 17.6 Å². The molecule has 0 aliphatic rings. The quantitative estimate of drug-likeness (QED) is 0.426. The lowest BCUT2D eigenvalue weighted by atomic mass is 9.94. The van der Waals surface area contributed by atoms with E-state index in [9.17, 15) is 31.9 Å². The zero-order chi connectivity index (χ0) is 25.0. The summed E-state index contributed by atoms with van der Waals surface area (Å²) >= 11 is 5.97. The second kappa shape index (κ2) is 10.2. The predicted octanol–water partition coefficient (Wildman–Crippen LogP) is 4.50. The Hall–Kier alpha value is -3.14. The molecule has 2 aromatic carbocycles. The smallest absolute Gasteiger partial charge is 0.413 e. The van der Waals surface area contributed by atoms with Crippen molar-refractivity contribution in [2.45, 2.75) is 37.7 Å². The van der Waals surface area contributed by atoms with E-state index in [0.29, 0.717) is 10.6 Å². The van der Waals surface area contributed by atoms with E-state index in [1.54, 1.807) is 47.8 Å². The fourth-order valence-electron chi connectivity index (χ4n) is 3.06. The molecule has 0 heterocycles. The van der Waals surface area contributed by atoms with Crippen LogP contribution in [-0.4, -0.2) is 45.9 Å². The van der Waals surface area contributed by atoms with Gasteiger partial charge in [-0.15, -0.1) is 0 Å². The number of benzene rings is 2. The van der Waals surface area contributed by atoms with Gasteiger partial charge in [0, 0.05) is 11.1 Å². The van der Waals surface area contributed by atoms with Crippen molar-refractivity contribution in [2.24, 2.45) is 5.92 Å². The molecule has 0 saturated heterocycles. The first-order chi connectivity index (χ1) is 15.3. The summed E-state index contributed by atoms with van der Waals surface area (Å²) in [7, 11) is 0. The van der Waals surface area contributed by atoms with E-state index in [4.69, 9.17) is 21.8 Å². The second-order valence-electron chi connectivity index (χ2n) is 7.51. The lowest BCUT2D eigenvalue weighted by Gasteiger charge is -2.26. The first kappa shape index (κ1) is 26.1. The number of rotatable bonds is 10. The van der Waals surface area contributed by atoms with Crippen LogP contribution >= 0.6 is 11.6 Å². The Kier molecular flexibility index (Phi) is 8.07. The van der Waals surface area contributed by atoms with Gasteiger partial charge in [-0.05, 0) is 41.7 Å². The summed E-state index contributed by atoms with van der Waals surface area (Å²) in [6, 6.07) is 12.3. The molecule has 0 spiro atoms. The highest BCUT2D eigenvalue weighted by molar-refractivity contribution is 6.30. The summed E-state index contributed by atoms with van der Waals surface area (Å²) in [5.41, 5.74) is 2.07. The summed E-state index contributed by atoms with van der Waals surface area (Å²) in [6.07, 6.45) is -0.514. The van der Waals surface area contributed by atoms with E-state index < -0.39 is 41.7 Å². The molecule has 1 amide bonds. The van der Waals surface area contributed by atoms with Gasteiger partial charge in [0.1, 0.15) is 0 Å². The first-order valence-corrected chi connectivity index (χ1v) is 10.0. The van der Waals surface area contributed by atoms with Crippen LogP contribution in [0.5, 0.6) is 0 Å². The molecule has 2 rings (SSSR count). The van der Waals surface area contributed by atoms with E-state index in [0.717, 1.165) is 11.1 Å². The predicted molar refractivity (Wildman–Crippen MR) is 111 cm³/mol. The highest BCUT2D eigenvalue weighted by Crippen LogP contribution is 2.35. The molecule has 0 saturated carbocycles. The molecule has 0 fully saturated rings. The molecule has 0 bridgehead atoms. The van der Waals surface area contributed by atoms with E-state index in [1.165, 1.54) is 6.92 Å². The number of nitrogens with one attached hydrogen (secondary N) is 1. The van der Waals surface area contributed by atoms with Crippen LogP contribution in [0.1, 0.15) is 18.9 Å². The summed E-state index contributed by atoms with van der Waals surface area (Å²) < 4.78 is 54.4. The third-order valence-electron chi connectivity index (χ3n) is 4.94. The van der Waals surface area contributed by atoms with E-state index in [-0.39, 0.29) is 12.8 Å². The van der Waals surface area contributed by atoms with Gasteiger partial charge in [-0.1, -0.05) is 54.9 Å². The van der Waals surface area contributed by atoms with Gasteiger partial charge in [0.2, 0.25) is 0 Å². The van der Waals surface area contributed by atoms with Crippen molar-refractivity contribution in [1.82, 2.24) is 5.32 Å². The molecule has 178 valence electrons.